The van der Waals surface area contributed by atoms with Crippen LogP contribution in [0.5, 0.6) is 0 Å². The summed E-state index contributed by atoms with van der Waals surface area (Å²) in [6, 6.07) is 7.03. The van der Waals surface area contributed by atoms with E-state index >= 15 is 0 Å². The van der Waals surface area contributed by atoms with Gasteiger partial charge in [-0.25, -0.2) is 13.1 Å². The lowest BCUT2D eigenvalue weighted by Crippen LogP contribution is -2.50. The first-order valence-electron chi connectivity index (χ1n) is 6.60. The van der Waals surface area contributed by atoms with Gasteiger partial charge in [0.1, 0.15) is 5.75 Å². The SMILES string of the molecule is CNS(=O)(=O)CC(=O)N1CCNCC1c1ccccc1Cl. The van der Waals surface area contributed by atoms with Crippen LogP contribution >= 0.6 is 11.6 Å². The van der Waals surface area contributed by atoms with Crippen LogP contribution in [0.2, 0.25) is 5.02 Å². The predicted octanol–water partition coefficient (Wildman–Crippen LogP) is 0.362. The van der Waals surface area contributed by atoms with E-state index in [0.29, 0.717) is 24.7 Å². The number of amides is 1. The van der Waals surface area contributed by atoms with Crippen molar-refractivity contribution < 1.29 is 13.2 Å². The van der Waals surface area contributed by atoms with Gasteiger partial charge in [-0.05, 0) is 18.7 Å². The Morgan fingerprint density at radius 3 is 2.86 bits per heavy atom. The number of rotatable bonds is 4. The summed E-state index contributed by atoms with van der Waals surface area (Å²) >= 11 is 6.19. The van der Waals surface area contributed by atoms with Crippen molar-refractivity contribution in [1.29, 1.82) is 0 Å². The molecule has 21 heavy (non-hydrogen) atoms. The van der Waals surface area contributed by atoms with E-state index in [1.807, 2.05) is 18.2 Å². The minimum absolute atomic E-state index is 0.257. The summed E-state index contributed by atoms with van der Waals surface area (Å²) in [5.74, 6) is -0.972. The van der Waals surface area contributed by atoms with Crippen molar-refractivity contribution in [2.24, 2.45) is 0 Å². The van der Waals surface area contributed by atoms with Crippen LogP contribution in [0.4, 0.5) is 0 Å². The maximum Gasteiger partial charge on any atom is 0.239 e. The summed E-state index contributed by atoms with van der Waals surface area (Å²) in [5, 5.41) is 3.77. The molecule has 2 N–H and O–H groups in total. The summed E-state index contributed by atoms with van der Waals surface area (Å²) in [7, 11) is -2.28. The number of sulfonamides is 1. The molecule has 0 saturated carbocycles. The highest BCUT2D eigenvalue weighted by Crippen LogP contribution is 2.28. The topological polar surface area (TPSA) is 78.5 Å². The molecule has 0 aromatic heterocycles. The molecule has 1 aromatic rings. The van der Waals surface area contributed by atoms with Gasteiger partial charge >= 0.3 is 0 Å². The molecule has 1 atom stereocenters. The van der Waals surface area contributed by atoms with E-state index in [4.69, 9.17) is 11.6 Å². The van der Waals surface area contributed by atoms with Crippen molar-refractivity contribution in [3.8, 4) is 0 Å². The van der Waals surface area contributed by atoms with E-state index < -0.39 is 21.7 Å². The van der Waals surface area contributed by atoms with E-state index in [2.05, 4.69) is 10.0 Å². The summed E-state index contributed by atoms with van der Waals surface area (Å²) in [6.45, 7) is 1.63. The smallest absolute Gasteiger partial charge is 0.239 e. The Hall–Kier alpha value is -1.15. The van der Waals surface area contributed by atoms with Gasteiger partial charge in [0.15, 0.2) is 0 Å². The highest BCUT2D eigenvalue weighted by Gasteiger charge is 2.31. The molecule has 2 rings (SSSR count). The Morgan fingerprint density at radius 1 is 1.48 bits per heavy atom. The fourth-order valence-electron chi connectivity index (χ4n) is 2.34. The molecule has 0 bridgehead atoms. The van der Waals surface area contributed by atoms with Crippen LogP contribution in [-0.4, -0.2) is 51.7 Å². The molecule has 0 spiro atoms. The highest BCUT2D eigenvalue weighted by molar-refractivity contribution is 7.90. The molecule has 1 aliphatic heterocycles. The molecule has 6 nitrogen and oxygen atoms in total. The third-order valence-corrected chi connectivity index (χ3v) is 5.05. The molecule has 1 amide bonds. The van der Waals surface area contributed by atoms with Crippen LogP contribution in [0.1, 0.15) is 11.6 Å². The zero-order valence-electron chi connectivity index (χ0n) is 11.7. The van der Waals surface area contributed by atoms with Crippen molar-refractivity contribution in [3.63, 3.8) is 0 Å². The van der Waals surface area contributed by atoms with Gasteiger partial charge in [-0.15, -0.1) is 0 Å². The largest absolute Gasteiger partial charge is 0.332 e. The first-order valence-corrected chi connectivity index (χ1v) is 8.63. The van der Waals surface area contributed by atoms with Crippen molar-refractivity contribution in [2.75, 3.05) is 32.4 Å². The zero-order chi connectivity index (χ0) is 15.5. The standard InChI is InChI=1S/C13H18ClN3O3S/c1-15-21(19,20)9-13(18)17-7-6-16-8-12(17)10-4-2-3-5-11(10)14/h2-5,12,15-16H,6-9H2,1H3. The summed E-state index contributed by atoms with van der Waals surface area (Å²) in [6.07, 6.45) is 0. The van der Waals surface area contributed by atoms with Gasteiger partial charge in [-0.2, -0.15) is 0 Å². The molecule has 8 heteroatoms. The monoisotopic (exact) mass is 331 g/mol. The van der Waals surface area contributed by atoms with Crippen LogP contribution in [0.15, 0.2) is 24.3 Å². The average Bonchev–Trinajstić information content (AvgIpc) is 2.47. The lowest BCUT2D eigenvalue weighted by atomic mass is 10.0. The molecular formula is C13H18ClN3O3S. The third kappa shape index (κ3) is 3.94. The molecular weight excluding hydrogens is 314 g/mol. The van der Waals surface area contributed by atoms with Gasteiger partial charge in [0, 0.05) is 24.7 Å². The fourth-order valence-corrected chi connectivity index (χ4v) is 3.24. The third-order valence-electron chi connectivity index (χ3n) is 3.45. The maximum absolute atomic E-state index is 12.3. The Labute approximate surface area is 129 Å². The molecule has 1 unspecified atom stereocenters. The predicted molar refractivity (Wildman–Crippen MR) is 81.6 cm³/mol. The number of carbonyl (C=O) groups is 1. The number of hydrogen-bond donors (Lipinski definition) is 2. The number of hydrogen-bond acceptors (Lipinski definition) is 4. The molecule has 0 aliphatic carbocycles. The second kappa shape index (κ2) is 6.74. The molecule has 1 fully saturated rings. The molecule has 116 valence electrons. The summed E-state index contributed by atoms with van der Waals surface area (Å²) in [5.41, 5.74) is 0.821. The van der Waals surface area contributed by atoms with E-state index in [1.54, 1.807) is 11.0 Å². The number of piperazine rings is 1. The van der Waals surface area contributed by atoms with Crippen molar-refractivity contribution in [2.45, 2.75) is 6.04 Å². The lowest BCUT2D eigenvalue weighted by Gasteiger charge is -2.36. The van der Waals surface area contributed by atoms with Crippen LogP contribution in [-0.2, 0) is 14.8 Å². The molecule has 0 radical (unpaired) electrons. The van der Waals surface area contributed by atoms with Gasteiger partial charge in [0.2, 0.25) is 15.9 Å². The summed E-state index contributed by atoms with van der Waals surface area (Å²) < 4.78 is 25.3. The minimum atomic E-state index is -3.58. The highest BCUT2D eigenvalue weighted by atomic mass is 35.5. The number of benzene rings is 1. The van der Waals surface area contributed by atoms with Crippen molar-refractivity contribution in [1.82, 2.24) is 14.9 Å². The first kappa shape index (κ1) is 16.2. The van der Waals surface area contributed by atoms with E-state index in [9.17, 15) is 13.2 Å². The quantitative estimate of drug-likeness (QED) is 0.835. The Bertz CT molecular complexity index is 621. The molecule has 1 aromatic carbocycles. The Kier molecular flexibility index (Phi) is 5.21. The van der Waals surface area contributed by atoms with Gasteiger partial charge in [-0.1, -0.05) is 29.8 Å². The zero-order valence-corrected chi connectivity index (χ0v) is 13.2. The second-order valence-corrected chi connectivity index (χ2v) is 7.13. The van der Waals surface area contributed by atoms with Gasteiger partial charge < -0.3 is 10.2 Å². The summed E-state index contributed by atoms with van der Waals surface area (Å²) in [4.78, 5) is 13.9. The van der Waals surface area contributed by atoms with Crippen LogP contribution in [0.3, 0.4) is 0 Å². The van der Waals surface area contributed by atoms with Gasteiger partial charge in [0.25, 0.3) is 0 Å². The molecule has 1 heterocycles. The van der Waals surface area contributed by atoms with Crippen LogP contribution < -0.4 is 10.0 Å². The lowest BCUT2D eigenvalue weighted by molar-refractivity contribution is -0.131. The average molecular weight is 332 g/mol. The second-order valence-electron chi connectivity index (χ2n) is 4.79. The fraction of sp³-hybridized carbons (Fsp3) is 0.462. The first-order chi connectivity index (χ1) is 9.94. The Morgan fingerprint density at radius 2 is 2.19 bits per heavy atom. The maximum atomic E-state index is 12.3. The number of nitrogens with zero attached hydrogens (tertiary/aromatic N) is 1. The van der Waals surface area contributed by atoms with Crippen molar-refractivity contribution in [3.05, 3.63) is 34.9 Å². The number of nitrogens with one attached hydrogen (secondary N) is 2. The molecule has 1 saturated heterocycles. The van der Waals surface area contributed by atoms with Gasteiger partial charge in [-0.3, -0.25) is 4.79 Å². The van der Waals surface area contributed by atoms with Crippen LogP contribution in [0.25, 0.3) is 0 Å². The number of carbonyl (C=O) groups excluding carboxylic acids is 1. The van der Waals surface area contributed by atoms with E-state index in [0.717, 1.165) is 5.56 Å². The number of halogens is 1. The molecule has 1 aliphatic rings. The van der Waals surface area contributed by atoms with Gasteiger partial charge in [0.05, 0.1) is 6.04 Å². The van der Waals surface area contributed by atoms with Crippen LogP contribution in [0, 0.1) is 0 Å². The van der Waals surface area contributed by atoms with Crippen molar-refractivity contribution >= 4 is 27.5 Å². The van der Waals surface area contributed by atoms with E-state index in [1.165, 1.54) is 7.05 Å². The minimum Gasteiger partial charge on any atom is -0.332 e. The van der Waals surface area contributed by atoms with E-state index in [-0.39, 0.29) is 6.04 Å². The Balaban J connectivity index is 2.24. The normalized spacial score (nSPS) is 19.5.